The van der Waals surface area contributed by atoms with Crippen molar-refractivity contribution in [1.29, 1.82) is 0 Å². The number of rotatable bonds is 4. The summed E-state index contributed by atoms with van der Waals surface area (Å²) in [6.07, 6.45) is 10.4. The molecule has 2 aliphatic rings. The number of nitrogens with one attached hydrogen (secondary N) is 1. The molecule has 1 N–H and O–H groups in total. The minimum absolute atomic E-state index is 0.0282. The molecule has 0 amide bonds. The monoisotopic (exact) mass is 486 g/mol. The molecule has 0 atom stereocenters. The van der Waals surface area contributed by atoms with Crippen molar-refractivity contribution in [3.05, 3.63) is 115 Å². The van der Waals surface area contributed by atoms with Crippen LogP contribution in [0.3, 0.4) is 0 Å². The normalized spacial score (nSPS) is 15.9. The first kappa shape index (κ1) is 21.5. The Kier molecular flexibility index (Phi) is 5.17. The summed E-state index contributed by atoms with van der Waals surface area (Å²) < 4.78 is 0. The molecule has 0 radical (unpaired) electrons. The predicted octanol–water partition coefficient (Wildman–Crippen LogP) is 8.27. The number of pyridine rings is 1. The van der Waals surface area contributed by atoms with Gasteiger partial charge in [-0.05, 0) is 66.9 Å². The largest absolute Gasteiger partial charge is 0.345 e. The van der Waals surface area contributed by atoms with Crippen LogP contribution in [0.2, 0.25) is 0 Å². The molecule has 0 unspecified atom stereocenters. The van der Waals surface area contributed by atoms with Crippen molar-refractivity contribution >= 4 is 28.8 Å². The molecule has 1 aliphatic heterocycles. The maximum Gasteiger partial charge on any atom is 0.137 e. The van der Waals surface area contributed by atoms with Gasteiger partial charge in [0.25, 0.3) is 0 Å². The van der Waals surface area contributed by atoms with Gasteiger partial charge in [0.1, 0.15) is 5.82 Å². The first-order chi connectivity index (χ1) is 17.8. The van der Waals surface area contributed by atoms with Gasteiger partial charge in [0.05, 0.1) is 17.1 Å². The molecule has 0 bridgehead atoms. The van der Waals surface area contributed by atoms with Crippen molar-refractivity contribution in [1.82, 2.24) is 15.0 Å². The first-order valence-corrected chi connectivity index (χ1v) is 13.4. The Bertz CT molecular complexity index is 1520. The first-order valence-electron chi connectivity index (χ1n) is 12.5. The Morgan fingerprint density at radius 3 is 2.44 bits per heavy atom. The molecular formula is C31H26N4S. The van der Waals surface area contributed by atoms with Crippen molar-refractivity contribution in [2.75, 3.05) is 4.90 Å². The molecule has 3 heterocycles. The van der Waals surface area contributed by atoms with Crippen LogP contribution in [0.25, 0.3) is 11.4 Å². The van der Waals surface area contributed by atoms with Gasteiger partial charge in [-0.25, -0.2) is 4.98 Å². The lowest BCUT2D eigenvalue weighted by Gasteiger charge is -2.36. The van der Waals surface area contributed by atoms with Crippen molar-refractivity contribution in [2.24, 2.45) is 0 Å². The Labute approximate surface area is 215 Å². The summed E-state index contributed by atoms with van der Waals surface area (Å²) in [5.74, 6) is 0.880. The Balaban J connectivity index is 1.41. The third-order valence-electron chi connectivity index (χ3n) is 7.57. The zero-order valence-electron chi connectivity index (χ0n) is 19.9. The molecule has 176 valence electrons. The van der Waals surface area contributed by atoms with E-state index in [1.54, 1.807) is 6.20 Å². The number of aromatic amines is 1. The van der Waals surface area contributed by atoms with Crippen LogP contribution in [-0.4, -0.2) is 15.0 Å². The van der Waals surface area contributed by atoms with Crippen LogP contribution in [0.1, 0.15) is 36.9 Å². The summed E-state index contributed by atoms with van der Waals surface area (Å²) in [4.78, 5) is 17.5. The quantitative estimate of drug-likeness (QED) is 0.272. The average molecular weight is 487 g/mol. The van der Waals surface area contributed by atoms with E-state index < -0.39 is 0 Å². The second-order valence-electron chi connectivity index (χ2n) is 9.58. The van der Waals surface area contributed by atoms with Crippen molar-refractivity contribution in [3.8, 4) is 11.4 Å². The van der Waals surface area contributed by atoms with Crippen LogP contribution in [0.5, 0.6) is 0 Å². The Morgan fingerprint density at radius 2 is 1.61 bits per heavy atom. The second-order valence-corrected chi connectivity index (χ2v) is 10.7. The summed E-state index contributed by atoms with van der Waals surface area (Å²) >= 11 is 1.85. The van der Waals surface area contributed by atoms with E-state index in [2.05, 4.69) is 93.7 Å². The van der Waals surface area contributed by atoms with E-state index in [4.69, 9.17) is 4.98 Å². The van der Waals surface area contributed by atoms with Gasteiger partial charge in [0.2, 0.25) is 0 Å². The van der Waals surface area contributed by atoms with E-state index in [1.807, 2.05) is 30.2 Å². The maximum atomic E-state index is 4.85. The van der Waals surface area contributed by atoms with Crippen LogP contribution in [-0.2, 0) is 5.41 Å². The molecule has 0 saturated heterocycles. The average Bonchev–Trinajstić information content (AvgIpc) is 3.66. The SMILES string of the molecule is c1ccc(C2(c3ccc4c(c3)N(c3cccc(-c5ncc[nH]5)c3)c3ccccc3S4)CCCC2)nc1. The fourth-order valence-electron chi connectivity index (χ4n) is 5.86. The van der Waals surface area contributed by atoms with Crippen molar-refractivity contribution in [3.63, 3.8) is 0 Å². The molecule has 7 rings (SSSR count). The van der Waals surface area contributed by atoms with Crippen LogP contribution >= 0.6 is 11.8 Å². The molecule has 5 heteroatoms. The van der Waals surface area contributed by atoms with Crippen LogP contribution in [0, 0.1) is 0 Å². The number of anilines is 3. The smallest absolute Gasteiger partial charge is 0.137 e. The lowest BCUT2D eigenvalue weighted by atomic mass is 9.75. The standard InChI is InChI=1S/C31H26N4S/c1-2-11-27-25(10-1)35(24-9-7-8-22(20-24)30-33-18-19-34-30)26-21-23(13-14-28(26)36-27)31(15-4-5-16-31)29-12-3-6-17-32-29/h1-3,6-14,17-21H,4-5,15-16H2,(H,33,34). The number of hydrogen-bond acceptors (Lipinski definition) is 4. The Morgan fingerprint density at radius 1 is 0.750 bits per heavy atom. The van der Waals surface area contributed by atoms with E-state index in [1.165, 1.54) is 45.3 Å². The number of hydrogen-bond donors (Lipinski definition) is 1. The van der Waals surface area contributed by atoms with Crippen LogP contribution < -0.4 is 4.90 Å². The number of para-hydroxylation sites is 1. The molecule has 5 aromatic rings. The molecule has 2 aromatic heterocycles. The minimum atomic E-state index is -0.0282. The molecule has 0 spiro atoms. The van der Waals surface area contributed by atoms with E-state index in [0.717, 1.165) is 29.9 Å². The van der Waals surface area contributed by atoms with Gasteiger partial charge in [-0.3, -0.25) is 4.98 Å². The van der Waals surface area contributed by atoms with E-state index in [-0.39, 0.29) is 5.41 Å². The summed E-state index contributed by atoms with van der Waals surface area (Å²) in [5.41, 5.74) is 7.18. The van der Waals surface area contributed by atoms with Gasteiger partial charge in [0, 0.05) is 45.0 Å². The summed E-state index contributed by atoms with van der Waals surface area (Å²) in [5, 5.41) is 0. The van der Waals surface area contributed by atoms with E-state index in [9.17, 15) is 0 Å². The number of imidazole rings is 1. The lowest BCUT2D eigenvalue weighted by molar-refractivity contribution is 0.518. The number of fused-ring (bicyclic) bond motifs is 2. The number of benzene rings is 3. The van der Waals surface area contributed by atoms with Crippen LogP contribution in [0.15, 0.2) is 113 Å². The molecule has 3 aromatic carbocycles. The molecule has 1 aliphatic carbocycles. The number of aromatic nitrogens is 3. The fraction of sp³-hybridized carbons (Fsp3) is 0.161. The summed E-state index contributed by atoms with van der Waals surface area (Å²) in [7, 11) is 0. The van der Waals surface area contributed by atoms with Crippen molar-refractivity contribution < 1.29 is 0 Å². The topological polar surface area (TPSA) is 44.8 Å². The molecule has 36 heavy (non-hydrogen) atoms. The second kappa shape index (κ2) is 8.68. The van der Waals surface area contributed by atoms with Gasteiger partial charge in [-0.1, -0.05) is 61.0 Å². The van der Waals surface area contributed by atoms with Crippen LogP contribution in [0.4, 0.5) is 17.1 Å². The fourth-order valence-corrected chi connectivity index (χ4v) is 6.90. The molecule has 4 nitrogen and oxygen atoms in total. The zero-order valence-corrected chi connectivity index (χ0v) is 20.7. The van der Waals surface area contributed by atoms with Gasteiger partial charge in [0.15, 0.2) is 0 Å². The zero-order chi connectivity index (χ0) is 24.0. The van der Waals surface area contributed by atoms with Gasteiger partial charge in [-0.2, -0.15) is 0 Å². The predicted molar refractivity (Wildman–Crippen MR) is 146 cm³/mol. The highest BCUT2D eigenvalue weighted by atomic mass is 32.2. The minimum Gasteiger partial charge on any atom is -0.345 e. The number of nitrogens with zero attached hydrogens (tertiary/aromatic N) is 3. The van der Waals surface area contributed by atoms with Gasteiger partial charge >= 0.3 is 0 Å². The van der Waals surface area contributed by atoms with Gasteiger partial charge in [-0.15, -0.1) is 0 Å². The van der Waals surface area contributed by atoms with Crippen molar-refractivity contribution in [2.45, 2.75) is 40.9 Å². The van der Waals surface area contributed by atoms with Gasteiger partial charge < -0.3 is 9.88 Å². The van der Waals surface area contributed by atoms with E-state index in [0.29, 0.717) is 0 Å². The van der Waals surface area contributed by atoms with E-state index >= 15 is 0 Å². The summed E-state index contributed by atoms with van der Waals surface area (Å²) in [6.45, 7) is 0. The highest BCUT2D eigenvalue weighted by Gasteiger charge is 2.39. The third-order valence-corrected chi connectivity index (χ3v) is 8.70. The summed E-state index contributed by atoms with van der Waals surface area (Å²) in [6, 6.07) is 30.8. The molecule has 1 saturated carbocycles. The maximum absolute atomic E-state index is 4.85. The lowest BCUT2D eigenvalue weighted by Crippen LogP contribution is -2.26. The molecular weight excluding hydrogens is 460 g/mol. The highest BCUT2D eigenvalue weighted by Crippen LogP contribution is 2.54. The number of H-pyrrole nitrogens is 1. The Hall–Kier alpha value is -3.83. The highest BCUT2D eigenvalue weighted by molar-refractivity contribution is 7.99. The third kappa shape index (κ3) is 3.46. The molecule has 1 fully saturated rings.